The van der Waals surface area contributed by atoms with Crippen LogP contribution in [-0.2, 0) is 6.18 Å². The smallest absolute Gasteiger partial charge is 0.340 e. The van der Waals surface area contributed by atoms with Crippen LogP contribution in [0.25, 0.3) is 11.3 Å². The molecular weight excluding hydrogens is 387 g/mol. The maximum atomic E-state index is 12.7. The van der Waals surface area contributed by atoms with Crippen molar-refractivity contribution in [3.8, 4) is 11.3 Å². The average molecular weight is 405 g/mol. The van der Waals surface area contributed by atoms with Gasteiger partial charge in [0.15, 0.2) is 0 Å². The number of rotatable bonds is 6. The third-order valence-corrected chi connectivity index (χ3v) is 5.10. The third-order valence-electron chi connectivity index (χ3n) is 4.41. The van der Waals surface area contributed by atoms with Gasteiger partial charge in [-0.2, -0.15) is 13.2 Å². The number of nitrogens with one attached hydrogen (secondary N) is 2. The van der Waals surface area contributed by atoms with E-state index in [-0.39, 0.29) is 0 Å². The first-order valence-electron chi connectivity index (χ1n) is 8.76. The van der Waals surface area contributed by atoms with Crippen LogP contribution in [0.1, 0.15) is 24.4 Å². The first-order valence-corrected chi connectivity index (χ1v) is 9.57. The van der Waals surface area contributed by atoms with E-state index in [1.54, 1.807) is 0 Å². The summed E-state index contributed by atoms with van der Waals surface area (Å²) >= 11 is 1.48. The minimum atomic E-state index is -4.40. The Bertz CT molecular complexity index is 964. The van der Waals surface area contributed by atoms with Crippen molar-refractivity contribution in [2.45, 2.75) is 30.0 Å². The predicted octanol–water partition coefficient (Wildman–Crippen LogP) is 5.27. The zero-order chi connectivity index (χ0) is 19.7. The molecule has 5 nitrogen and oxygen atoms in total. The molecule has 0 unspecified atom stereocenters. The molecule has 2 N–H and O–H groups in total. The highest BCUT2D eigenvalue weighted by molar-refractivity contribution is 7.97. The Hall–Kier alpha value is -2.52. The Morgan fingerprint density at radius 3 is 2.61 bits per heavy atom. The second-order valence-electron chi connectivity index (χ2n) is 6.51. The number of pyridine rings is 1. The second-order valence-corrected chi connectivity index (χ2v) is 7.59. The molecular formula is C19H18F3N5S. The Morgan fingerprint density at radius 1 is 1.14 bits per heavy atom. The molecule has 0 spiro atoms. The molecule has 1 aromatic carbocycles. The minimum absolute atomic E-state index is 0.338. The lowest BCUT2D eigenvalue weighted by molar-refractivity contribution is -0.137. The molecule has 4 rings (SSSR count). The monoisotopic (exact) mass is 405 g/mol. The summed E-state index contributed by atoms with van der Waals surface area (Å²) in [4.78, 5) is 9.43. The van der Waals surface area contributed by atoms with Crippen molar-refractivity contribution in [2.75, 3.05) is 12.4 Å². The maximum absolute atomic E-state index is 12.7. The van der Waals surface area contributed by atoms with Gasteiger partial charge < -0.3 is 9.88 Å². The van der Waals surface area contributed by atoms with Crippen LogP contribution < -0.4 is 10.0 Å². The molecule has 1 saturated carbocycles. The molecule has 0 atom stereocenters. The lowest BCUT2D eigenvalue weighted by Crippen LogP contribution is -2.06. The zero-order valence-corrected chi connectivity index (χ0v) is 15.8. The van der Waals surface area contributed by atoms with Crippen LogP contribution in [0.15, 0.2) is 53.9 Å². The Kier molecular flexibility index (Phi) is 5.03. The summed E-state index contributed by atoms with van der Waals surface area (Å²) in [5.41, 5.74) is 1.62. The van der Waals surface area contributed by atoms with Gasteiger partial charge in [-0.15, -0.1) is 0 Å². The number of alkyl halides is 3. The van der Waals surface area contributed by atoms with Gasteiger partial charge in [-0.05, 0) is 62.2 Å². The van der Waals surface area contributed by atoms with Gasteiger partial charge in [-0.3, -0.25) is 4.72 Å². The molecule has 1 aliphatic rings. The topological polar surface area (TPSA) is 54.8 Å². The van der Waals surface area contributed by atoms with Crippen molar-refractivity contribution >= 4 is 23.5 Å². The van der Waals surface area contributed by atoms with Crippen LogP contribution in [0.4, 0.5) is 24.7 Å². The number of hydrogen-bond acceptors (Lipinski definition) is 5. The molecule has 9 heteroatoms. The molecule has 0 bridgehead atoms. The van der Waals surface area contributed by atoms with Gasteiger partial charge in [0, 0.05) is 34.6 Å². The van der Waals surface area contributed by atoms with Gasteiger partial charge in [0.1, 0.15) is 5.82 Å². The number of anilines is 2. The van der Waals surface area contributed by atoms with Gasteiger partial charge in [-0.1, -0.05) is 0 Å². The van der Waals surface area contributed by atoms with E-state index in [0.717, 1.165) is 46.9 Å². The lowest BCUT2D eigenvalue weighted by atomic mass is 10.1. The summed E-state index contributed by atoms with van der Waals surface area (Å²) in [5, 5.41) is 3.12. The van der Waals surface area contributed by atoms with Crippen LogP contribution in [0.5, 0.6) is 0 Å². The van der Waals surface area contributed by atoms with Gasteiger partial charge in [-0.25, -0.2) is 9.97 Å². The number of aromatic nitrogens is 3. The number of benzene rings is 1. The van der Waals surface area contributed by atoms with Crippen LogP contribution >= 0.6 is 11.9 Å². The SMILES string of the molecule is CNSc1ccc(Nc2ccc(C(F)(F)F)cn2)c(-c2cn(C3CC3)cn2)c1. The number of halogens is 3. The van der Waals surface area contributed by atoms with Crippen molar-refractivity contribution in [3.63, 3.8) is 0 Å². The van der Waals surface area contributed by atoms with Crippen LogP contribution in [0.2, 0.25) is 0 Å². The van der Waals surface area contributed by atoms with E-state index in [9.17, 15) is 13.2 Å². The van der Waals surface area contributed by atoms with E-state index in [4.69, 9.17) is 0 Å². The molecule has 28 heavy (non-hydrogen) atoms. The predicted molar refractivity (Wildman–Crippen MR) is 103 cm³/mol. The van der Waals surface area contributed by atoms with Crippen LogP contribution in [-0.4, -0.2) is 21.6 Å². The van der Waals surface area contributed by atoms with Crippen molar-refractivity contribution < 1.29 is 13.2 Å². The van der Waals surface area contributed by atoms with E-state index >= 15 is 0 Å². The normalized spacial score (nSPS) is 14.3. The number of nitrogens with zero attached hydrogens (tertiary/aromatic N) is 3. The summed E-state index contributed by atoms with van der Waals surface area (Å²) in [6.07, 6.45) is 2.57. The van der Waals surface area contributed by atoms with Gasteiger partial charge in [0.25, 0.3) is 0 Å². The van der Waals surface area contributed by atoms with E-state index in [1.165, 1.54) is 18.0 Å². The van der Waals surface area contributed by atoms with Crippen LogP contribution in [0.3, 0.4) is 0 Å². The van der Waals surface area contributed by atoms with Crippen molar-refractivity contribution in [1.29, 1.82) is 0 Å². The molecule has 0 amide bonds. The largest absolute Gasteiger partial charge is 0.417 e. The van der Waals surface area contributed by atoms with Crippen LogP contribution in [0, 0.1) is 0 Å². The first kappa shape index (κ1) is 18.8. The fourth-order valence-corrected chi connectivity index (χ4v) is 3.40. The molecule has 0 saturated heterocycles. The number of imidazole rings is 1. The summed E-state index contributed by atoms with van der Waals surface area (Å²) in [7, 11) is 1.84. The third kappa shape index (κ3) is 4.15. The fourth-order valence-electron chi connectivity index (χ4n) is 2.85. The number of hydrogen-bond donors (Lipinski definition) is 2. The molecule has 0 radical (unpaired) electrons. The minimum Gasteiger partial charge on any atom is -0.340 e. The van der Waals surface area contributed by atoms with E-state index in [1.807, 2.05) is 37.8 Å². The molecule has 2 aromatic heterocycles. The Morgan fingerprint density at radius 2 is 1.96 bits per heavy atom. The highest BCUT2D eigenvalue weighted by atomic mass is 32.2. The van der Waals surface area contributed by atoms with Gasteiger partial charge in [0.2, 0.25) is 0 Å². The summed E-state index contributed by atoms with van der Waals surface area (Å²) in [5.74, 6) is 0.338. The quantitative estimate of drug-likeness (QED) is 0.547. The first-order chi connectivity index (χ1) is 13.4. The van der Waals surface area contributed by atoms with E-state index < -0.39 is 11.7 Å². The molecule has 2 heterocycles. The van der Waals surface area contributed by atoms with Gasteiger partial charge in [0.05, 0.1) is 17.6 Å². The second kappa shape index (κ2) is 7.48. The average Bonchev–Trinajstić information content (AvgIpc) is 3.40. The zero-order valence-electron chi connectivity index (χ0n) is 15.0. The van der Waals surface area contributed by atoms with Crippen molar-refractivity contribution in [2.24, 2.45) is 0 Å². The summed E-state index contributed by atoms with van der Waals surface area (Å²) < 4.78 is 43.4. The molecule has 146 valence electrons. The highest BCUT2D eigenvalue weighted by Crippen LogP contribution is 2.38. The van der Waals surface area contributed by atoms with E-state index in [2.05, 4.69) is 24.6 Å². The Balaban J connectivity index is 1.65. The van der Waals surface area contributed by atoms with E-state index in [0.29, 0.717) is 11.9 Å². The summed E-state index contributed by atoms with van der Waals surface area (Å²) in [6, 6.07) is 8.66. The standard InChI is InChI=1S/C19H18F3N5S/c1-23-28-14-5-6-16(26-18-7-2-12(9-24-18)19(20,21)22)15(8-14)17-10-27(11-25-17)13-3-4-13/h2,5-11,13,23H,3-4H2,1H3,(H,24,26). The lowest BCUT2D eigenvalue weighted by Gasteiger charge is -2.13. The Labute approximate surface area is 164 Å². The van der Waals surface area contributed by atoms with Crippen molar-refractivity contribution in [1.82, 2.24) is 19.3 Å². The fraction of sp³-hybridized carbons (Fsp3) is 0.263. The maximum Gasteiger partial charge on any atom is 0.417 e. The molecule has 1 aliphatic carbocycles. The molecule has 3 aromatic rings. The molecule has 1 fully saturated rings. The molecule has 0 aliphatic heterocycles. The van der Waals surface area contributed by atoms with Gasteiger partial charge >= 0.3 is 6.18 Å². The highest BCUT2D eigenvalue weighted by Gasteiger charge is 2.30. The summed E-state index contributed by atoms with van der Waals surface area (Å²) in [6.45, 7) is 0. The van der Waals surface area contributed by atoms with Crippen molar-refractivity contribution in [3.05, 3.63) is 54.6 Å².